The summed E-state index contributed by atoms with van der Waals surface area (Å²) in [4.78, 5) is 11.3. The van der Waals surface area contributed by atoms with Crippen molar-refractivity contribution < 1.29 is 14.2 Å². The molecular weight excluding hydrogens is 542 g/mol. The van der Waals surface area contributed by atoms with Gasteiger partial charge in [0.1, 0.15) is 12.4 Å². The first-order valence-corrected chi connectivity index (χ1v) is 14.9. The van der Waals surface area contributed by atoms with E-state index in [1.54, 1.807) is 12.5 Å². The molecule has 10 nitrogen and oxygen atoms in total. The molecule has 2 aromatic carbocycles. The molecule has 0 aliphatic carbocycles. The van der Waals surface area contributed by atoms with Crippen molar-refractivity contribution in [2.75, 3.05) is 76.4 Å². The highest BCUT2D eigenvalue weighted by atomic mass is 35.5. The average molecular weight is 582 g/mol. The fraction of sp³-hybridized carbons (Fsp3) is 0.500. The lowest BCUT2D eigenvalue weighted by Crippen LogP contribution is -2.46. The van der Waals surface area contributed by atoms with Gasteiger partial charge in [-0.25, -0.2) is 4.98 Å². The van der Waals surface area contributed by atoms with Gasteiger partial charge in [-0.1, -0.05) is 23.7 Å². The molecular formula is C30H40ClN7O3. The summed E-state index contributed by atoms with van der Waals surface area (Å²) in [5.41, 5.74) is 20.1. The van der Waals surface area contributed by atoms with E-state index >= 15 is 0 Å². The number of nitrogen functional groups attached to an aromatic ring is 1. The molecule has 2 fully saturated rings. The van der Waals surface area contributed by atoms with Crippen LogP contribution in [0.2, 0.25) is 5.02 Å². The summed E-state index contributed by atoms with van der Waals surface area (Å²) >= 11 is 6.77. The van der Waals surface area contributed by atoms with E-state index < -0.39 is 6.17 Å². The van der Waals surface area contributed by atoms with E-state index in [0.29, 0.717) is 11.6 Å². The van der Waals surface area contributed by atoms with Gasteiger partial charge in [0.05, 0.1) is 73.3 Å². The van der Waals surface area contributed by atoms with Crippen molar-refractivity contribution in [1.29, 1.82) is 0 Å². The van der Waals surface area contributed by atoms with E-state index in [2.05, 4.69) is 38.7 Å². The number of imidazole rings is 1. The standard InChI is InChI=1S/C30H40ClN7O3/c1-21-3-2-4-23(31)29(21)38-26-17-22(24(32)18-25(26)37-20-34-19-27(37)30(38)33)5-6-28(36-10-14-40-15-11-36)41-16-9-35-7-12-39-13-8-35/h2-4,17-20,28,30H,5-16,32-33H2,1H3. The van der Waals surface area contributed by atoms with Crippen LogP contribution in [0.1, 0.15) is 29.4 Å². The first-order valence-electron chi connectivity index (χ1n) is 14.5. The lowest BCUT2D eigenvalue weighted by molar-refractivity contribution is -0.104. The van der Waals surface area contributed by atoms with E-state index in [1.165, 1.54) is 0 Å². The van der Waals surface area contributed by atoms with Crippen LogP contribution in [-0.2, 0) is 20.6 Å². The lowest BCUT2D eigenvalue weighted by Gasteiger charge is -2.39. The molecule has 6 rings (SSSR count). The smallest absolute Gasteiger partial charge is 0.125 e. The fourth-order valence-corrected chi connectivity index (χ4v) is 6.41. The van der Waals surface area contributed by atoms with Crippen LogP contribution in [0.4, 0.5) is 17.1 Å². The molecule has 3 aliphatic rings. The van der Waals surface area contributed by atoms with Crippen molar-refractivity contribution in [3.05, 3.63) is 64.7 Å². The number of hydrogen-bond donors (Lipinski definition) is 2. The van der Waals surface area contributed by atoms with Crippen molar-refractivity contribution in [2.24, 2.45) is 5.73 Å². The van der Waals surface area contributed by atoms with Gasteiger partial charge in [-0.15, -0.1) is 0 Å². The molecule has 2 unspecified atom stereocenters. The summed E-state index contributed by atoms with van der Waals surface area (Å²) in [6, 6.07) is 10.1. The van der Waals surface area contributed by atoms with E-state index in [9.17, 15) is 0 Å². The Bertz CT molecular complexity index is 1320. The van der Waals surface area contributed by atoms with Gasteiger partial charge >= 0.3 is 0 Å². The molecule has 220 valence electrons. The fourth-order valence-electron chi connectivity index (χ4n) is 6.09. The number of aryl methyl sites for hydroxylation is 2. The SMILES string of the molecule is Cc1cccc(Cl)c1N1c2cc(CCC(OCCN3CCOCC3)N3CCOCC3)c(N)cc2-n2cncc2C1N. The van der Waals surface area contributed by atoms with Crippen molar-refractivity contribution in [2.45, 2.75) is 32.2 Å². The van der Waals surface area contributed by atoms with Gasteiger partial charge in [-0.3, -0.25) is 14.4 Å². The van der Waals surface area contributed by atoms with Gasteiger partial charge in [-0.05, 0) is 49.1 Å². The van der Waals surface area contributed by atoms with Gasteiger partial charge < -0.3 is 30.6 Å². The molecule has 4 heterocycles. The molecule has 0 saturated carbocycles. The summed E-state index contributed by atoms with van der Waals surface area (Å²) in [5, 5.41) is 0.652. The highest BCUT2D eigenvalue weighted by Crippen LogP contribution is 2.46. The maximum Gasteiger partial charge on any atom is 0.125 e. The van der Waals surface area contributed by atoms with Gasteiger partial charge in [0.25, 0.3) is 0 Å². The van der Waals surface area contributed by atoms with Crippen LogP contribution in [-0.4, -0.2) is 91.3 Å². The zero-order valence-electron chi connectivity index (χ0n) is 23.7. The number of halogens is 1. The monoisotopic (exact) mass is 581 g/mol. The topological polar surface area (TPSA) is 107 Å². The Morgan fingerprint density at radius 2 is 1.83 bits per heavy atom. The maximum atomic E-state index is 6.87. The first kappa shape index (κ1) is 28.4. The number of ether oxygens (including phenoxy) is 3. The second kappa shape index (κ2) is 12.7. The van der Waals surface area contributed by atoms with Gasteiger partial charge in [0.2, 0.25) is 0 Å². The molecule has 41 heavy (non-hydrogen) atoms. The van der Waals surface area contributed by atoms with Crippen LogP contribution < -0.4 is 16.4 Å². The van der Waals surface area contributed by atoms with Crippen LogP contribution in [0.3, 0.4) is 0 Å². The Morgan fingerprint density at radius 1 is 1.07 bits per heavy atom. The van der Waals surface area contributed by atoms with Crippen molar-refractivity contribution in [3.63, 3.8) is 0 Å². The predicted octanol–water partition coefficient (Wildman–Crippen LogP) is 3.47. The number of hydrogen-bond acceptors (Lipinski definition) is 9. The van der Waals surface area contributed by atoms with E-state index in [1.807, 2.05) is 22.8 Å². The number of para-hydroxylation sites is 1. The Labute approximate surface area is 246 Å². The van der Waals surface area contributed by atoms with Crippen molar-refractivity contribution in [3.8, 4) is 5.69 Å². The number of aromatic nitrogens is 2. The molecule has 0 radical (unpaired) electrons. The molecule has 11 heteroatoms. The number of nitrogens with two attached hydrogens (primary N) is 2. The third kappa shape index (κ3) is 5.96. The normalized spacial score (nSPS) is 20.6. The van der Waals surface area contributed by atoms with Crippen LogP contribution in [0, 0.1) is 6.92 Å². The highest BCUT2D eigenvalue weighted by molar-refractivity contribution is 6.33. The highest BCUT2D eigenvalue weighted by Gasteiger charge is 2.33. The number of rotatable bonds is 9. The Hall–Kier alpha value is -2.70. The van der Waals surface area contributed by atoms with E-state index in [0.717, 1.165) is 112 Å². The predicted molar refractivity (Wildman–Crippen MR) is 161 cm³/mol. The Kier molecular flexibility index (Phi) is 8.78. The molecule has 4 N–H and O–H groups in total. The third-order valence-corrected chi connectivity index (χ3v) is 8.67. The molecule has 1 aromatic heterocycles. The quantitative estimate of drug-likeness (QED) is 0.367. The van der Waals surface area contributed by atoms with Gasteiger partial charge in [-0.2, -0.15) is 0 Å². The lowest BCUT2D eigenvalue weighted by atomic mass is 10.0. The zero-order valence-corrected chi connectivity index (χ0v) is 24.4. The Balaban J connectivity index is 1.26. The molecule has 3 aromatic rings. The average Bonchev–Trinajstić information content (AvgIpc) is 3.48. The van der Waals surface area contributed by atoms with Crippen LogP contribution in [0.15, 0.2) is 42.9 Å². The summed E-state index contributed by atoms with van der Waals surface area (Å²) in [6.45, 7) is 10.3. The summed E-state index contributed by atoms with van der Waals surface area (Å²) in [6.07, 6.45) is 4.71. The summed E-state index contributed by atoms with van der Waals surface area (Å²) in [5.74, 6) is 0. The molecule has 0 amide bonds. The van der Waals surface area contributed by atoms with Crippen molar-refractivity contribution >= 4 is 28.7 Å². The molecule has 0 spiro atoms. The number of nitrogens with zero attached hydrogens (tertiary/aromatic N) is 5. The molecule has 0 bridgehead atoms. The first-order chi connectivity index (χ1) is 20.0. The number of benzene rings is 2. The molecule has 2 atom stereocenters. The number of fused-ring (bicyclic) bond motifs is 3. The summed E-state index contributed by atoms with van der Waals surface area (Å²) in [7, 11) is 0. The minimum absolute atomic E-state index is 0.0141. The van der Waals surface area contributed by atoms with Gasteiger partial charge in [0, 0.05) is 38.4 Å². The molecule has 2 saturated heterocycles. The van der Waals surface area contributed by atoms with Crippen LogP contribution in [0.5, 0.6) is 0 Å². The second-order valence-electron chi connectivity index (χ2n) is 10.9. The second-order valence-corrected chi connectivity index (χ2v) is 11.3. The van der Waals surface area contributed by atoms with Crippen LogP contribution in [0.25, 0.3) is 5.69 Å². The minimum atomic E-state index is -0.454. The van der Waals surface area contributed by atoms with Gasteiger partial charge in [0.15, 0.2) is 0 Å². The van der Waals surface area contributed by atoms with E-state index in [4.69, 9.17) is 37.3 Å². The number of morpholine rings is 2. The maximum absolute atomic E-state index is 6.87. The minimum Gasteiger partial charge on any atom is -0.398 e. The van der Waals surface area contributed by atoms with Crippen molar-refractivity contribution in [1.82, 2.24) is 19.4 Å². The largest absolute Gasteiger partial charge is 0.398 e. The Morgan fingerprint density at radius 3 is 2.59 bits per heavy atom. The molecule has 3 aliphatic heterocycles. The van der Waals surface area contributed by atoms with E-state index in [-0.39, 0.29) is 6.23 Å². The zero-order chi connectivity index (χ0) is 28.3. The summed E-state index contributed by atoms with van der Waals surface area (Å²) < 4.78 is 19.7. The van der Waals surface area contributed by atoms with Crippen LogP contribution >= 0.6 is 11.6 Å². The third-order valence-electron chi connectivity index (χ3n) is 8.37. The number of anilines is 3.